The number of hydrogen-bond donors (Lipinski definition) is 1. The minimum absolute atomic E-state index is 0.120. The number of likely N-dealkylation sites (tertiary alicyclic amines) is 1. The molecule has 1 unspecified atom stereocenters. The highest BCUT2D eigenvalue weighted by Crippen LogP contribution is 2.34. The summed E-state index contributed by atoms with van der Waals surface area (Å²) < 4.78 is 0. The molecule has 0 aliphatic carbocycles. The molecule has 0 bridgehead atoms. The first-order valence-corrected chi connectivity index (χ1v) is 7.63. The highest BCUT2D eigenvalue weighted by atomic mass is 32.1. The molecule has 0 spiro atoms. The van der Waals surface area contributed by atoms with Crippen LogP contribution in [0.4, 0.5) is 0 Å². The third-order valence-corrected chi connectivity index (χ3v) is 4.52. The number of nitrogens with two attached hydrogens (primary N) is 1. The maximum absolute atomic E-state index is 12.5. The summed E-state index contributed by atoms with van der Waals surface area (Å²) in [6.45, 7) is 12.5. The largest absolute Gasteiger partial charge is 0.393 e. The summed E-state index contributed by atoms with van der Waals surface area (Å²) >= 11 is 5.05. The van der Waals surface area contributed by atoms with Crippen molar-refractivity contribution in [2.45, 2.75) is 47.5 Å². The minimum Gasteiger partial charge on any atom is -0.393 e. The number of amides is 1. The van der Waals surface area contributed by atoms with Gasteiger partial charge < -0.3 is 10.6 Å². The minimum atomic E-state index is -0.304. The monoisotopic (exact) mass is 284 g/mol. The summed E-state index contributed by atoms with van der Waals surface area (Å²) in [6.07, 6.45) is 2.16. The first-order chi connectivity index (χ1) is 8.64. The van der Waals surface area contributed by atoms with E-state index < -0.39 is 0 Å². The van der Waals surface area contributed by atoms with Crippen LogP contribution in [0.3, 0.4) is 0 Å². The van der Waals surface area contributed by atoms with Crippen LogP contribution in [-0.4, -0.2) is 28.9 Å². The molecule has 0 aromatic rings. The van der Waals surface area contributed by atoms with E-state index in [0.717, 1.165) is 25.9 Å². The molecule has 1 atom stereocenters. The van der Waals surface area contributed by atoms with E-state index in [1.165, 1.54) is 0 Å². The molecule has 0 aromatic carbocycles. The fourth-order valence-corrected chi connectivity index (χ4v) is 3.27. The lowest BCUT2D eigenvalue weighted by molar-refractivity contribution is -0.136. The van der Waals surface area contributed by atoms with Gasteiger partial charge in [-0.3, -0.25) is 4.79 Å². The van der Waals surface area contributed by atoms with Gasteiger partial charge in [0.15, 0.2) is 0 Å². The van der Waals surface area contributed by atoms with Crippen LogP contribution >= 0.6 is 12.2 Å². The highest BCUT2D eigenvalue weighted by molar-refractivity contribution is 7.80. The van der Waals surface area contributed by atoms with Gasteiger partial charge in [0.25, 0.3) is 0 Å². The SMILES string of the molecule is CC(C)C(C(=O)N1CCC(C(C)(C)C)CC1)C(N)=S. The molecule has 1 aliphatic rings. The molecule has 19 heavy (non-hydrogen) atoms. The van der Waals surface area contributed by atoms with Crippen LogP contribution in [0.1, 0.15) is 47.5 Å². The number of carbonyl (C=O) groups excluding carboxylic acids is 1. The summed E-state index contributed by atoms with van der Waals surface area (Å²) in [5.74, 6) is 0.681. The van der Waals surface area contributed by atoms with Crippen molar-refractivity contribution in [1.82, 2.24) is 4.90 Å². The Morgan fingerprint density at radius 1 is 1.26 bits per heavy atom. The lowest BCUT2D eigenvalue weighted by Gasteiger charge is -2.40. The molecular weight excluding hydrogens is 256 g/mol. The van der Waals surface area contributed by atoms with Crippen molar-refractivity contribution in [2.75, 3.05) is 13.1 Å². The van der Waals surface area contributed by atoms with E-state index in [2.05, 4.69) is 20.8 Å². The zero-order valence-electron chi connectivity index (χ0n) is 12.9. The van der Waals surface area contributed by atoms with E-state index >= 15 is 0 Å². The molecule has 110 valence electrons. The zero-order valence-corrected chi connectivity index (χ0v) is 13.7. The second-order valence-electron chi connectivity index (χ2n) is 7.09. The average molecular weight is 284 g/mol. The van der Waals surface area contributed by atoms with Crippen LogP contribution in [0, 0.1) is 23.2 Å². The number of carbonyl (C=O) groups is 1. The summed E-state index contributed by atoms with van der Waals surface area (Å²) in [5, 5.41) is 0. The molecule has 1 heterocycles. The van der Waals surface area contributed by atoms with Crippen molar-refractivity contribution >= 4 is 23.1 Å². The van der Waals surface area contributed by atoms with E-state index in [1.807, 2.05) is 18.7 Å². The second-order valence-corrected chi connectivity index (χ2v) is 7.56. The Morgan fingerprint density at radius 2 is 1.74 bits per heavy atom. The smallest absolute Gasteiger partial charge is 0.232 e. The van der Waals surface area contributed by atoms with Gasteiger partial charge in [-0.1, -0.05) is 46.8 Å². The lowest BCUT2D eigenvalue weighted by Crippen LogP contribution is -2.47. The van der Waals surface area contributed by atoms with E-state index in [0.29, 0.717) is 16.3 Å². The molecule has 1 amide bonds. The van der Waals surface area contributed by atoms with Crippen LogP contribution in [0.25, 0.3) is 0 Å². The zero-order chi connectivity index (χ0) is 14.8. The van der Waals surface area contributed by atoms with E-state index in [-0.39, 0.29) is 17.7 Å². The van der Waals surface area contributed by atoms with Crippen LogP contribution in [-0.2, 0) is 4.79 Å². The molecule has 2 N–H and O–H groups in total. The Hall–Kier alpha value is -0.640. The van der Waals surface area contributed by atoms with Gasteiger partial charge in [-0.25, -0.2) is 0 Å². The van der Waals surface area contributed by atoms with Gasteiger partial charge in [0.05, 0.1) is 10.9 Å². The number of piperidine rings is 1. The van der Waals surface area contributed by atoms with Crippen molar-refractivity contribution in [3.63, 3.8) is 0 Å². The van der Waals surface area contributed by atoms with E-state index in [9.17, 15) is 4.79 Å². The van der Waals surface area contributed by atoms with Crippen molar-refractivity contribution in [3.8, 4) is 0 Å². The third-order valence-electron chi connectivity index (χ3n) is 4.27. The molecular formula is C15H28N2OS. The number of thiocarbonyl (C=S) groups is 1. The van der Waals surface area contributed by atoms with Gasteiger partial charge >= 0.3 is 0 Å². The van der Waals surface area contributed by atoms with Gasteiger partial charge in [0.2, 0.25) is 5.91 Å². The number of rotatable bonds is 3. The number of nitrogens with zero attached hydrogens (tertiary/aromatic N) is 1. The highest BCUT2D eigenvalue weighted by Gasteiger charge is 2.34. The summed E-state index contributed by atoms with van der Waals surface area (Å²) in [4.78, 5) is 14.8. The number of hydrogen-bond acceptors (Lipinski definition) is 2. The first-order valence-electron chi connectivity index (χ1n) is 7.22. The van der Waals surface area contributed by atoms with Crippen molar-refractivity contribution in [2.24, 2.45) is 28.9 Å². The topological polar surface area (TPSA) is 46.3 Å². The predicted molar refractivity (Wildman–Crippen MR) is 83.9 cm³/mol. The molecule has 3 nitrogen and oxygen atoms in total. The van der Waals surface area contributed by atoms with Gasteiger partial charge in [0, 0.05) is 13.1 Å². The third kappa shape index (κ3) is 4.16. The molecule has 1 aliphatic heterocycles. The predicted octanol–water partition coefficient (Wildman–Crippen LogP) is 2.83. The molecule has 1 saturated heterocycles. The second kappa shape index (κ2) is 6.21. The summed E-state index contributed by atoms with van der Waals surface area (Å²) in [6, 6.07) is 0. The fourth-order valence-electron chi connectivity index (χ4n) is 2.90. The maximum atomic E-state index is 12.5. The Balaban J connectivity index is 2.65. The molecule has 0 aromatic heterocycles. The molecule has 0 saturated carbocycles. The van der Waals surface area contributed by atoms with Crippen molar-refractivity contribution in [3.05, 3.63) is 0 Å². The van der Waals surface area contributed by atoms with Gasteiger partial charge in [-0.15, -0.1) is 0 Å². The van der Waals surface area contributed by atoms with Crippen LogP contribution < -0.4 is 5.73 Å². The first kappa shape index (κ1) is 16.4. The van der Waals surface area contributed by atoms with Gasteiger partial charge in [0.1, 0.15) is 0 Å². The quantitative estimate of drug-likeness (QED) is 0.811. The van der Waals surface area contributed by atoms with E-state index in [4.69, 9.17) is 18.0 Å². The van der Waals surface area contributed by atoms with Crippen molar-refractivity contribution < 1.29 is 4.79 Å². The average Bonchev–Trinajstić information content (AvgIpc) is 2.27. The maximum Gasteiger partial charge on any atom is 0.232 e. The van der Waals surface area contributed by atoms with Gasteiger partial charge in [-0.05, 0) is 30.1 Å². The lowest BCUT2D eigenvalue weighted by atomic mass is 9.75. The van der Waals surface area contributed by atoms with Gasteiger partial charge in [-0.2, -0.15) is 0 Å². The molecule has 1 rings (SSSR count). The Labute approximate surface area is 122 Å². The Bertz CT molecular complexity index is 339. The summed E-state index contributed by atoms with van der Waals surface area (Å²) in [7, 11) is 0. The van der Waals surface area contributed by atoms with Crippen molar-refractivity contribution in [1.29, 1.82) is 0 Å². The Kier molecular flexibility index (Phi) is 5.36. The van der Waals surface area contributed by atoms with E-state index in [1.54, 1.807) is 0 Å². The Morgan fingerprint density at radius 3 is 2.05 bits per heavy atom. The molecule has 4 heteroatoms. The summed E-state index contributed by atoms with van der Waals surface area (Å²) in [5.41, 5.74) is 6.05. The fraction of sp³-hybridized carbons (Fsp3) is 0.867. The normalized spacial score (nSPS) is 19.6. The molecule has 1 fully saturated rings. The molecule has 0 radical (unpaired) electrons. The van der Waals surface area contributed by atoms with Crippen LogP contribution in [0.2, 0.25) is 0 Å². The van der Waals surface area contributed by atoms with Crippen LogP contribution in [0.15, 0.2) is 0 Å². The standard InChI is InChI=1S/C15H28N2OS/c1-10(2)12(13(16)19)14(18)17-8-6-11(7-9-17)15(3,4)5/h10-12H,6-9H2,1-5H3,(H2,16,19). The van der Waals surface area contributed by atoms with Crippen LogP contribution in [0.5, 0.6) is 0 Å².